The van der Waals surface area contributed by atoms with Crippen molar-refractivity contribution in [1.29, 1.82) is 0 Å². The molecule has 0 saturated heterocycles. The molecule has 0 aromatic heterocycles. The molecule has 1 aromatic rings. The highest BCUT2D eigenvalue weighted by Gasteiger charge is 2.10. The van der Waals surface area contributed by atoms with Crippen molar-refractivity contribution in [3.63, 3.8) is 0 Å². The molecule has 1 aromatic carbocycles. The number of allylic oxidation sites excluding steroid dienone is 1. The minimum Gasteiger partial charge on any atom is -0.327 e. The Balaban J connectivity index is 2.00. The summed E-state index contributed by atoms with van der Waals surface area (Å²) < 4.78 is 1.14. The highest BCUT2D eigenvalue weighted by atomic mass is 79.9. The zero-order valence-corrected chi connectivity index (χ0v) is 10.3. The van der Waals surface area contributed by atoms with E-state index in [1.807, 2.05) is 0 Å². The minimum absolute atomic E-state index is 0.388. The third-order valence-corrected chi connectivity index (χ3v) is 3.42. The molecule has 1 aliphatic carbocycles. The molecule has 2 N–H and O–H groups in total. The summed E-state index contributed by atoms with van der Waals surface area (Å²) in [6.45, 7) is 0. The van der Waals surface area contributed by atoms with Crippen molar-refractivity contribution in [3.05, 3.63) is 46.0 Å². The van der Waals surface area contributed by atoms with E-state index in [2.05, 4.69) is 46.3 Å². The Kier molecular flexibility index (Phi) is 3.60. The predicted octanol–water partition coefficient (Wildman–Crippen LogP) is 3.43. The van der Waals surface area contributed by atoms with E-state index in [4.69, 9.17) is 5.73 Å². The largest absolute Gasteiger partial charge is 0.327 e. The summed E-state index contributed by atoms with van der Waals surface area (Å²) in [5, 5.41) is 0. The quantitative estimate of drug-likeness (QED) is 0.815. The molecule has 15 heavy (non-hydrogen) atoms. The van der Waals surface area contributed by atoms with E-state index in [0.29, 0.717) is 6.04 Å². The molecular weight excluding hydrogens is 250 g/mol. The highest BCUT2D eigenvalue weighted by molar-refractivity contribution is 9.10. The molecule has 0 saturated carbocycles. The fraction of sp³-hybridized carbons (Fsp3) is 0.385. The van der Waals surface area contributed by atoms with Gasteiger partial charge in [0.05, 0.1) is 0 Å². The van der Waals surface area contributed by atoms with Gasteiger partial charge in [0.2, 0.25) is 0 Å². The van der Waals surface area contributed by atoms with E-state index in [1.165, 1.54) is 5.56 Å². The lowest BCUT2D eigenvalue weighted by atomic mass is 9.92. The predicted molar refractivity (Wildman–Crippen MR) is 67.8 cm³/mol. The number of rotatable bonds is 2. The van der Waals surface area contributed by atoms with Crippen LogP contribution < -0.4 is 5.73 Å². The van der Waals surface area contributed by atoms with Gasteiger partial charge < -0.3 is 5.73 Å². The first-order valence-electron chi connectivity index (χ1n) is 5.42. The lowest BCUT2D eigenvalue weighted by molar-refractivity contribution is 0.583. The molecule has 1 atom stereocenters. The average Bonchev–Trinajstić information content (AvgIpc) is 2.25. The molecule has 1 unspecified atom stereocenters. The molecule has 0 spiro atoms. The van der Waals surface area contributed by atoms with Crippen LogP contribution >= 0.6 is 15.9 Å². The van der Waals surface area contributed by atoms with E-state index in [0.717, 1.165) is 30.2 Å². The van der Waals surface area contributed by atoms with E-state index in [1.54, 1.807) is 5.57 Å². The third-order valence-electron chi connectivity index (χ3n) is 2.89. The molecule has 1 aliphatic rings. The topological polar surface area (TPSA) is 26.0 Å². The summed E-state index contributed by atoms with van der Waals surface area (Å²) in [4.78, 5) is 0. The van der Waals surface area contributed by atoms with E-state index in [-0.39, 0.29) is 0 Å². The first-order valence-corrected chi connectivity index (χ1v) is 6.21. The number of hydrogen-bond acceptors (Lipinski definition) is 1. The van der Waals surface area contributed by atoms with Crippen LogP contribution in [0.2, 0.25) is 0 Å². The molecule has 2 rings (SSSR count). The summed E-state index contributed by atoms with van der Waals surface area (Å²) in [6.07, 6.45) is 6.75. The third kappa shape index (κ3) is 3.18. The molecule has 0 heterocycles. The molecule has 2 heteroatoms. The van der Waals surface area contributed by atoms with Crippen molar-refractivity contribution < 1.29 is 0 Å². The van der Waals surface area contributed by atoms with Crippen molar-refractivity contribution in [3.8, 4) is 0 Å². The molecule has 0 aliphatic heterocycles. The maximum atomic E-state index is 5.86. The van der Waals surface area contributed by atoms with Gasteiger partial charge in [0.15, 0.2) is 0 Å². The maximum Gasteiger partial charge on any atom is 0.0175 e. The second-order valence-electron chi connectivity index (χ2n) is 4.20. The van der Waals surface area contributed by atoms with Crippen LogP contribution in [0.5, 0.6) is 0 Å². The van der Waals surface area contributed by atoms with Crippen LogP contribution in [0.3, 0.4) is 0 Å². The molecule has 1 nitrogen and oxygen atoms in total. The molecule has 0 amide bonds. The fourth-order valence-electron chi connectivity index (χ4n) is 1.93. The number of hydrogen-bond donors (Lipinski definition) is 1. The number of nitrogens with two attached hydrogens (primary N) is 1. The summed E-state index contributed by atoms with van der Waals surface area (Å²) in [6, 6.07) is 8.95. The summed E-state index contributed by atoms with van der Waals surface area (Å²) in [7, 11) is 0. The van der Waals surface area contributed by atoms with Crippen LogP contribution in [0, 0.1) is 0 Å². The first-order chi connectivity index (χ1) is 7.24. The van der Waals surface area contributed by atoms with Crippen LogP contribution in [-0.4, -0.2) is 6.04 Å². The standard InChI is InChI=1S/C13H16BrN/c14-12-5-1-10(2-6-12)9-11-3-7-13(15)8-4-11/h1-3,5-6,13H,4,7-9,15H2. The molecule has 80 valence electrons. The Morgan fingerprint density at radius 3 is 2.60 bits per heavy atom. The average molecular weight is 266 g/mol. The summed E-state index contributed by atoms with van der Waals surface area (Å²) in [5.74, 6) is 0. The van der Waals surface area contributed by atoms with Gasteiger partial charge >= 0.3 is 0 Å². The van der Waals surface area contributed by atoms with Crippen LogP contribution in [0.1, 0.15) is 24.8 Å². The van der Waals surface area contributed by atoms with Gasteiger partial charge in [-0.2, -0.15) is 0 Å². The smallest absolute Gasteiger partial charge is 0.0175 e. The fourth-order valence-corrected chi connectivity index (χ4v) is 2.20. The lowest BCUT2D eigenvalue weighted by Crippen LogP contribution is -2.22. The van der Waals surface area contributed by atoms with Crippen molar-refractivity contribution in [2.24, 2.45) is 5.73 Å². The van der Waals surface area contributed by atoms with Crippen LogP contribution in [-0.2, 0) is 6.42 Å². The van der Waals surface area contributed by atoms with Crippen molar-refractivity contribution in [2.75, 3.05) is 0 Å². The van der Waals surface area contributed by atoms with Crippen LogP contribution in [0.4, 0.5) is 0 Å². The van der Waals surface area contributed by atoms with Crippen LogP contribution in [0.25, 0.3) is 0 Å². The second kappa shape index (κ2) is 4.95. The van der Waals surface area contributed by atoms with Gasteiger partial charge in [0.1, 0.15) is 0 Å². The first kappa shape index (κ1) is 10.9. The highest BCUT2D eigenvalue weighted by Crippen LogP contribution is 2.21. The maximum absolute atomic E-state index is 5.86. The van der Waals surface area contributed by atoms with Gasteiger partial charge in [0, 0.05) is 10.5 Å². The van der Waals surface area contributed by atoms with Crippen LogP contribution in [0.15, 0.2) is 40.4 Å². The zero-order chi connectivity index (χ0) is 10.7. The van der Waals surface area contributed by atoms with Crippen molar-refractivity contribution in [1.82, 2.24) is 0 Å². The van der Waals surface area contributed by atoms with Gasteiger partial charge in [-0.15, -0.1) is 0 Å². The number of halogens is 1. The molecular formula is C13H16BrN. The lowest BCUT2D eigenvalue weighted by Gasteiger charge is -2.18. The van der Waals surface area contributed by atoms with Gasteiger partial charge in [-0.05, 0) is 43.4 Å². The monoisotopic (exact) mass is 265 g/mol. The van der Waals surface area contributed by atoms with E-state index >= 15 is 0 Å². The summed E-state index contributed by atoms with van der Waals surface area (Å²) >= 11 is 3.45. The van der Waals surface area contributed by atoms with Crippen molar-refractivity contribution in [2.45, 2.75) is 31.7 Å². The van der Waals surface area contributed by atoms with Crippen molar-refractivity contribution >= 4 is 15.9 Å². The van der Waals surface area contributed by atoms with Gasteiger partial charge in [-0.3, -0.25) is 0 Å². The Bertz CT molecular complexity index is 353. The van der Waals surface area contributed by atoms with E-state index < -0.39 is 0 Å². The van der Waals surface area contributed by atoms with Gasteiger partial charge in [0.25, 0.3) is 0 Å². The Morgan fingerprint density at radius 1 is 1.27 bits per heavy atom. The van der Waals surface area contributed by atoms with Gasteiger partial charge in [-0.1, -0.05) is 39.7 Å². The van der Waals surface area contributed by atoms with E-state index in [9.17, 15) is 0 Å². The zero-order valence-electron chi connectivity index (χ0n) is 8.75. The normalized spacial score (nSPS) is 21.2. The summed E-state index contributed by atoms with van der Waals surface area (Å²) in [5.41, 5.74) is 8.79. The molecule has 0 bridgehead atoms. The Morgan fingerprint density at radius 2 is 2.00 bits per heavy atom. The molecule has 0 radical (unpaired) electrons. The SMILES string of the molecule is NC1CC=C(Cc2ccc(Br)cc2)CC1. The Hall–Kier alpha value is -0.600. The minimum atomic E-state index is 0.388. The van der Waals surface area contributed by atoms with Gasteiger partial charge in [-0.25, -0.2) is 0 Å². The number of benzene rings is 1. The second-order valence-corrected chi connectivity index (χ2v) is 5.12. The molecule has 0 fully saturated rings. The Labute approximate surface area is 99.5 Å².